The van der Waals surface area contributed by atoms with Gasteiger partial charge in [-0.2, -0.15) is 0 Å². The SMILES string of the molecule is O=C1NCCCN(C2CCCN2)C1=O. The molecule has 14 heavy (non-hydrogen) atoms. The van der Waals surface area contributed by atoms with Gasteiger partial charge in [0.1, 0.15) is 0 Å². The summed E-state index contributed by atoms with van der Waals surface area (Å²) in [6, 6.07) is 0. The Morgan fingerprint density at radius 3 is 2.79 bits per heavy atom. The van der Waals surface area contributed by atoms with Gasteiger partial charge in [-0.15, -0.1) is 0 Å². The molecule has 0 saturated carbocycles. The fraction of sp³-hybridized carbons (Fsp3) is 0.778. The molecule has 0 radical (unpaired) electrons. The van der Waals surface area contributed by atoms with E-state index in [1.54, 1.807) is 4.90 Å². The average molecular weight is 197 g/mol. The molecule has 0 aromatic rings. The maximum atomic E-state index is 11.6. The largest absolute Gasteiger partial charge is 0.348 e. The highest BCUT2D eigenvalue weighted by Gasteiger charge is 2.31. The molecule has 0 aromatic heterocycles. The lowest BCUT2D eigenvalue weighted by atomic mass is 10.3. The highest BCUT2D eigenvalue weighted by Crippen LogP contribution is 2.12. The Balaban J connectivity index is 2.07. The molecule has 5 nitrogen and oxygen atoms in total. The minimum Gasteiger partial charge on any atom is -0.348 e. The molecule has 78 valence electrons. The molecule has 0 bridgehead atoms. The van der Waals surface area contributed by atoms with Gasteiger partial charge in [-0.25, -0.2) is 0 Å². The monoisotopic (exact) mass is 197 g/mol. The summed E-state index contributed by atoms with van der Waals surface area (Å²) in [6.45, 7) is 2.22. The number of carbonyl (C=O) groups excluding carboxylic acids is 2. The Kier molecular flexibility index (Phi) is 2.67. The van der Waals surface area contributed by atoms with Crippen molar-refractivity contribution in [3.05, 3.63) is 0 Å². The van der Waals surface area contributed by atoms with E-state index in [4.69, 9.17) is 0 Å². The fourth-order valence-electron chi connectivity index (χ4n) is 1.99. The smallest absolute Gasteiger partial charge is 0.313 e. The second-order valence-electron chi connectivity index (χ2n) is 3.72. The Morgan fingerprint density at radius 1 is 1.21 bits per heavy atom. The van der Waals surface area contributed by atoms with E-state index in [1.807, 2.05) is 0 Å². The van der Waals surface area contributed by atoms with Gasteiger partial charge < -0.3 is 10.2 Å². The van der Waals surface area contributed by atoms with Crippen molar-refractivity contribution < 1.29 is 9.59 Å². The van der Waals surface area contributed by atoms with Gasteiger partial charge in [0.15, 0.2) is 0 Å². The van der Waals surface area contributed by atoms with Crippen LogP contribution < -0.4 is 10.6 Å². The highest BCUT2D eigenvalue weighted by molar-refractivity contribution is 6.35. The Hall–Kier alpha value is -1.10. The highest BCUT2D eigenvalue weighted by atomic mass is 16.2. The molecule has 1 atom stereocenters. The quantitative estimate of drug-likeness (QED) is 0.532. The minimum atomic E-state index is -0.462. The number of rotatable bonds is 1. The molecule has 0 spiro atoms. The van der Waals surface area contributed by atoms with E-state index in [0.717, 1.165) is 25.8 Å². The maximum absolute atomic E-state index is 11.6. The van der Waals surface area contributed by atoms with E-state index < -0.39 is 5.91 Å². The van der Waals surface area contributed by atoms with E-state index in [-0.39, 0.29) is 12.1 Å². The van der Waals surface area contributed by atoms with Crippen molar-refractivity contribution in [1.29, 1.82) is 0 Å². The predicted molar refractivity (Wildman–Crippen MR) is 50.4 cm³/mol. The summed E-state index contributed by atoms with van der Waals surface area (Å²) in [6.07, 6.45) is 2.96. The average Bonchev–Trinajstić information content (AvgIpc) is 2.64. The van der Waals surface area contributed by atoms with Gasteiger partial charge in [-0.05, 0) is 25.8 Å². The molecule has 2 amide bonds. The molecule has 0 aliphatic carbocycles. The zero-order valence-corrected chi connectivity index (χ0v) is 8.08. The van der Waals surface area contributed by atoms with Crippen LogP contribution in [0.1, 0.15) is 19.3 Å². The van der Waals surface area contributed by atoms with Crippen LogP contribution in [0, 0.1) is 0 Å². The lowest BCUT2D eigenvalue weighted by Gasteiger charge is -2.26. The maximum Gasteiger partial charge on any atom is 0.313 e. The fourth-order valence-corrected chi connectivity index (χ4v) is 1.99. The lowest BCUT2D eigenvalue weighted by Crippen LogP contribution is -2.49. The van der Waals surface area contributed by atoms with Gasteiger partial charge >= 0.3 is 11.8 Å². The van der Waals surface area contributed by atoms with E-state index in [9.17, 15) is 9.59 Å². The molecule has 2 aliphatic heterocycles. The van der Waals surface area contributed by atoms with Crippen molar-refractivity contribution in [2.45, 2.75) is 25.4 Å². The second kappa shape index (κ2) is 3.96. The first-order valence-electron chi connectivity index (χ1n) is 5.11. The molecule has 2 heterocycles. The first kappa shape index (κ1) is 9.45. The number of nitrogens with one attached hydrogen (secondary N) is 2. The van der Waals surface area contributed by atoms with Gasteiger partial charge in [0.05, 0.1) is 6.17 Å². The zero-order valence-electron chi connectivity index (χ0n) is 8.08. The standard InChI is InChI=1S/C9H15N3O2/c13-8-9(14)12(6-2-5-11-8)7-3-1-4-10-7/h7,10H,1-6H2,(H,11,13). The topological polar surface area (TPSA) is 61.4 Å². The van der Waals surface area contributed by atoms with Gasteiger partial charge in [-0.3, -0.25) is 14.9 Å². The van der Waals surface area contributed by atoms with Gasteiger partial charge in [0, 0.05) is 13.1 Å². The molecular weight excluding hydrogens is 182 g/mol. The summed E-state index contributed by atoms with van der Waals surface area (Å²) < 4.78 is 0. The third-order valence-electron chi connectivity index (χ3n) is 2.73. The minimum absolute atomic E-state index is 0.0753. The third kappa shape index (κ3) is 1.72. The summed E-state index contributed by atoms with van der Waals surface area (Å²) in [5.74, 6) is -0.849. The summed E-state index contributed by atoms with van der Waals surface area (Å²) in [4.78, 5) is 24.5. The number of hydrogen-bond acceptors (Lipinski definition) is 3. The van der Waals surface area contributed by atoms with Crippen molar-refractivity contribution in [2.75, 3.05) is 19.6 Å². The lowest BCUT2D eigenvalue weighted by molar-refractivity contribution is -0.146. The molecule has 5 heteroatoms. The predicted octanol–water partition coefficient (Wildman–Crippen LogP) is -0.956. The van der Waals surface area contributed by atoms with E-state index in [1.165, 1.54) is 0 Å². The summed E-state index contributed by atoms with van der Waals surface area (Å²) in [5, 5.41) is 5.82. The first-order valence-corrected chi connectivity index (χ1v) is 5.11. The van der Waals surface area contributed by atoms with Crippen molar-refractivity contribution >= 4 is 11.8 Å². The van der Waals surface area contributed by atoms with Gasteiger partial charge in [0.2, 0.25) is 0 Å². The van der Waals surface area contributed by atoms with Crippen LogP contribution in [0.3, 0.4) is 0 Å². The van der Waals surface area contributed by atoms with E-state index in [0.29, 0.717) is 13.1 Å². The molecule has 2 N–H and O–H groups in total. The molecular formula is C9H15N3O2. The van der Waals surface area contributed by atoms with Crippen LogP contribution >= 0.6 is 0 Å². The van der Waals surface area contributed by atoms with Crippen LogP contribution in [0.5, 0.6) is 0 Å². The third-order valence-corrected chi connectivity index (χ3v) is 2.73. The Morgan fingerprint density at radius 2 is 2.07 bits per heavy atom. The van der Waals surface area contributed by atoms with Crippen LogP contribution in [-0.2, 0) is 9.59 Å². The molecule has 2 rings (SSSR count). The van der Waals surface area contributed by atoms with Crippen molar-refractivity contribution in [3.8, 4) is 0 Å². The summed E-state index contributed by atoms with van der Waals surface area (Å²) in [7, 11) is 0. The summed E-state index contributed by atoms with van der Waals surface area (Å²) >= 11 is 0. The molecule has 1 unspecified atom stereocenters. The van der Waals surface area contributed by atoms with Gasteiger partial charge in [0.25, 0.3) is 0 Å². The van der Waals surface area contributed by atoms with Crippen LogP contribution in [0.2, 0.25) is 0 Å². The number of hydrogen-bond donors (Lipinski definition) is 2. The van der Waals surface area contributed by atoms with Crippen LogP contribution in [0.15, 0.2) is 0 Å². The summed E-state index contributed by atoms with van der Waals surface area (Å²) in [5.41, 5.74) is 0. The van der Waals surface area contributed by atoms with E-state index >= 15 is 0 Å². The molecule has 0 aromatic carbocycles. The van der Waals surface area contributed by atoms with Gasteiger partial charge in [-0.1, -0.05) is 0 Å². The molecule has 2 saturated heterocycles. The van der Waals surface area contributed by atoms with Crippen molar-refractivity contribution in [2.24, 2.45) is 0 Å². The van der Waals surface area contributed by atoms with Crippen molar-refractivity contribution in [3.63, 3.8) is 0 Å². The van der Waals surface area contributed by atoms with Crippen LogP contribution in [-0.4, -0.2) is 42.5 Å². The van der Waals surface area contributed by atoms with Crippen LogP contribution in [0.4, 0.5) is 0 Å². The number of nitrogens with zero attached hydrogens (tertiary/aromatic N) is 1. The normalized spacial score (nSPS) is 28.9. The number of amides is 2. The second-order valence-corrected chi connectivity index (χ2v) is 3.72. The Labute approximate surface area is 82.8 Å². The van der Waals surface area contributed by atoms with E-state index in [2.05, 4.69) is 10.6 Å². The number of carbonyl (C=O) groups is 2. The molecule has 2 fully saturated rings. The van der Waals surface area contributed by atoms with Crippen molar-refractivity contribution in [1.82, 2.24) is 15.5 Å². The zero-order chi connectivity index (χ0) is 9.97. The molecule has 2 aliphatic rings. The Bertz CT molecular complexity index is 248. The van der Waals surface area contributed by atoms with Crippen LogP contribution in [0.25, 0.3) is 0 Å². The first-order chi connectivity index (χ1) is 6.79.